The number of amides is 1. The van der Waals surface area contributed by atoms with Gasteiger partial charge in [-0.1, -0.05) is 12.1 Å². The number of benzene rings is 1. The molecule has 1 aromatic heterocycles. The second-order valence-corrected chi connectivity index (χ2v) is 4.61. The number of anilines is 3. The van der Waals surface area contributed by atoms with Crippen LogP contribution in [0.1, 0.15) is 17.3 Å². The van der Waals surface area contributed by atoms with E-state index >= 15 is 0 Å². The molecule has 0 radical (unpaired) electrons. The van der Waals surface area contributed by atoms with Crippen LogP contribution in [-0.2, 0) is 4.79 Å². The number of rotatable bonds is 2. The van der Waals surface area contributed by atoms with Crippen LogP contribution in [0.5, 0.6) is 0 Å². The Morgan fingerprint density at radius 3 is 2.90 bits per heavy atom. The van der Waals surface area contributed by atoms with E-state index in [-0.39, 0.29) is 18.2 Å². The summed E-state index contributed by atoms with van der Waals surface area (Å²) in [5.74, 6) is 0.474. The molecule has 1 amide bonds. The molecule has 1 aromatic carbocycles. The number of hydrogen-bond donors (Lipinski definition) is 1. The van der Waals surface area contributed by atoms with Crippen LogP contribution in [0.3, 0.4) is 0 Å². The van der Waals surface area contributed by atoms with Gasteiger partial charge in [-0.15, -0.1) is 0 Å². The molecule has 0 saturated carbocycles. The quantitative estimate of drug-likeness (QED) is 0.848. The van der Waals surface area contributed by atoms with Crippen LogP contribution in [-0.4, -0.2) is 23.2 Å². The molecular formula is C15H13N3O2. The van der Waals surface area contributed by atoms with Gasteiger partial charge in [0.25, 0.3) is 0 Å². The normalized spacial score (nSPS) is 13.7. The average molecular weight is 267 g/mol. The van der Waals surface area contributed by atoms with Crippen LogP contribution in [0.4, 0.5) is 17.2 Å². The molecule has 0 fully saturated rings. The third-order valence-electron chi connectivity index (χ3n) is 3.20. The zero-order valence-corrected chi connectivity index (χ0v) is 11.0. The van der Waals surface area contributed by atoms with Gasteiger partial charge in [0.1, 0.15) is 12.4 Å². The number of para-hydroxylation sites is 2. The lowest BCUT2D eigenvalue weighted by atomic mass is 10.1. The average Bonchev–Trinajstić information content (AvgIpc) is 2.46. The summed E-state index contributed by atoms with van der Waals surface area (Å²) in [6.07, 6.45) is 1.58. The molecule has 5 nitrogen and oxygen atoms in total. The van der Waals surface area contributed by atoms with Crippen molar-refractivity contribution < 1.29 is 9.59 Å². The van der Waals surface area contributed by atoms with Gasteiger partial charge in [0.15, 0.2) is 5.78 Å². The first-order chi connectivity index (χ1) is 9.65. The van der Waals surface area contributed by atoms with Crippen molar-refractivity contribution in [3.63, 3.8) is 0 Å². The number of ketones is 1. The zero-order chi connectivity index (χ0) is 14.1. The number of Topliss-reactive ketones (excluding diaryl/α,β-unsaturated/α-hetero) is 1. The highest BCUT2D eigenvalue weighted by Gasteiger charge is 2.23. The van der Waals surface area contributed by atoms with Gasteiger partial charge < -0.3 is 10.2 Å². The summed E-state index contributed by atoms with van der Waals surface area (Å²) in [5, 5.41) is 2.82. The van der Waals surface area contributed by atoms with Crippen molar-refractivity contribution in [3.05, 3.63) is 48.2 Å². The molecule has 1 N–H and O–H groups in total. The third kappa shape index (κ3) is 2.14. The van der Waals surface area contributed by atoms with Crippen LogP contribution in [0.15, 0.2) is 42.6 Å². The Balaban J connectivity index is 2.08. The molecule has 2 aromatic rings. The lowest BCUT2D eigenvalue weighted by Gasteiger charge is -2.30. The van der Waals surface area contributed by atoms with E-state index in [0.717, 1.165) is 11.4 Å². The summed E-state index contributed by atoms with van der Waals surface area (Å²) < 4.78 is 0. The van der Waals surface area contributed by atoms with E-state index < -0.39 is 0 Å². The molecule has 0 unspecified atom stereocenters. The summed E-state index contributed by atoms with van der Waals surface area (Å²) in [7, 11) is 0. The molecule has 1 aliphatic heterocycles. The van der Waals surface area contributed by atoms with Crippen LogP contribution in [0.2, 0.25) is 0 Å². The fraction of sp³-hybridized carbons (Fsp3) is 0.133. The zero-order valence-electron chi connectivity index (χ0n) is 11.0. The molecule has 0 saturated heterocycles. The number of carbonyl (C=O) groups is 2. The first-order valence-corrected chi connectivity index (χ1v) is 6.28. The molecule has 100 valence electrons. The molecule has 0 spiro atoms. The van der Waals surface area contributed by atoms with Crippen LogP contribution in [0, 0.1) is 0 Å². The van der Waals surface area contributed by atoms with Crippen LogP contribution >= 0.6 is 0 Å². The predicted octanol–water partition coefficient (Wildman–Crippen LogP) is 2.37. The van der Waals surface area contributed by atoms with E-state index in [1.807, 2.05) is 24.3 Å². The summed E-state index contributed by atoms with van der Waals surface area (Å²) in [4.78, 5) is 29.3. The molecule has 3 rings (SSSR count). The van der Waals surface area contributed by atoms with E-state index in [0.29, 0.717) is 11.4 Å². The highest BCUT2D eigenvalue weighted by molar-refractivity contribution is 6.03. The smallest absolute Gasteiger partial charge is 0.244 e. The highest BCUT2D eigenvalue weighted by atomic mass is 16.2. The number of carbonyl (C=O) groups excluding carboxylic acids is 2. The SMILES string of the molecule is CC(=O)c1ccnc(N2CC(=O)Nc3ccccc32)c1. The van der Waals surface area contributed by atoms with Crippen molar-refractivity contribution in [3.8, 4) is 0 Å². The maximum absolute atomic E-state index is 11.8. The fourth-order valence-corrected chi connectivity index (χ4v) is 2.22. The highest BCUT2D eigenvalue weighted by Crippen LogP contribution is 2.33. The minimum absolute atomic E-state index is 0.0246. The van der Waals surface area contributed by atoms with Gasteiger partial charge in [0, 0.05) is 11.8 Å². The van der Waals surface area contributed by atoms with Crippen molar-refractivity contribution in [1.29, 1.82) is 0 Å². The summed E-state index contributed by atoms with van der Waals surface area (Å²) in [5.41, 5.74) is 2.21. The molecular weight excluding hydrogens is 254 g/mol. The van der Waals surface area contributed by atoms with Crippen LogP contribution < -0.4 is 10.2 Å². The Morgan fingerprint density at radius 1 is 1.30 bits per heavy atom. The van der Waals surface area contributed by atoms with Gasteiger partial charge >= 0.3 is 0 Å². The maximum atomic E-state index is 11.8. The van der Waals surface area contributed by atoms with E-state index in [2.05, 4.69) is 10.3 Å². The largest absolute Gasteiger partial charge is 0.323 e. The van der Waals surface area contributed by atoms with E-state index in [1.54, 1.807) is 23.2 Å². The number of fused-ring (bicyclic) bond motifs is 1. The Bertz CT molecular complexity index is 697. The molecule has 0 atom stereocenters. The topological polar surface area (TPSA) is 62.3 Å². The van der Waals surface area contributed by atoms with Crippen molar-refractivity contribution >= 4 is 28.9 Å². The van der Waals surface area contributed by atoms with Gasteiger partial charge in [0.2, 0.25) is 5.91 Å². The minimum atomic E-state index is -0.0984. The van der Waals surface area contributed by atoms with Crippen molar-refractivity contribution in [2.75, 3.05) is 16.8 Å². The number of hydrogen-bond acceptors (Lipinski definition) is 4. The lowest BCUT2D eigenvalue weighted by Crippen LogP contribution is -2.35. The number of pyridine rings is 1. The fourth-order valence-electron chi connectivity index (χ4n) is 2.22. The van der Waals surface area contributed by atoms with Gasteiger partial charge in [-0.25, -0.2) is 4.98 Å². The first kappa shape index (κ1) is 12.3. The van der Waals surface area contributed by atoms with Gasteiger partial charge in [0.05, 0.1) is 11.4 Å². The lowest BCUT2D eigenvalue weighted by molar-refractivity contribution is -0.115. The van der Waals surface area contributed by atoms with E-state index in [1.165, 1.54) is 6.92 Å². The number of aromatic nitrogens is 1. The van der Waals surface area contributed by atoms with Gasteiger partial charge in [-0.2, -0.15) is 0 Å². The summed E-state index contributed by atoms with van der Waals surface area (Å²) >= 11 is 0. The number of nitrogens with one attached hydrogen (secondary N) is 1. The summed E-state index contributed by atoms with van der Waals surface area (Å²) in [6.45, 7) is 1.70. The molecule has 2 heterocycles. The molecule has 5 heteroatoms. The van der Waals surface area contributed by atoms with Crippen LogP contribution in [0.25, 0.3) is 0 Å². The van der Waals surface area contributed by atoms with E-state index in [9.17, 15) is 9.59 Å². The van der Waals surface area contributed by atoms with Gasteiger partial charge in [-0.05, 0) is 31.2 Å². The second-order valence-electron chi connectivity index (χ2n) is 4.61. The predicted molar refractivity (Wildman–Crippen MR) is 76.3 cm³/mol. The number of nitrogens with zero attached hydrogens (tertiary/aromatic N) is 2. The maximum Gasteiger partial charge on any atom is 0.244 e. The van der Waals surface area contributed by atoms with Crippen molar-refractivity contribution in [1.82, 2.24) is 4.98 Å². The molecule has 1 aliphatic rings. The Morgan fingerprint density at radius 2 is 2.10 bits per heavy atom. The molecule has 20 heavy (non-hydrogen) atoms. The second kappa shape index (κ2) is 4.77. The Labute approximate surface area is 116 Å². The Hall–Kier alpha value is -2.69. The first-order valence-electron chi connectivity index (χ1n) is 6.28. The van der Waals surface area contributed by atoms with Gasteiger partial charge in [-0.3, -0.25) is 9.59 Å². The van der Waals surface area contributed by atoms with Crippen molar-refractivity contribution in [2.45, 2.75) is 6.92 Å². The van der Waals surface area contributed by atoms with E-state index in [4.69, 9.17) is 0 Å². The molecule has 0 bridgehead atoms. The minimum Gasteiger partial charge on any atom is -0.323 e. The van der Waals surface area contributed by atoms with Crippen molar-refractivity contribution in [2.24, 2.45) is 0 Å². The summed E-state index contributed by atoms with van der Waals surface area (Å²) in [6, 6.07) is 10.9. The monoisotopic (exact) mass is 267 g/mol. The Kier molecular flexibility index (Phi) is 2.95. The molecule has 0 aliphatic carbocycles. The third-order valence-corrected chi connectivity index (χ3v) is 3.20. The standard InChI is InChI=1S/C15H13N3O2/c1-10(19)11-6-7-16-14(8-11)18-9-15(20)17-12-4-2-3-5-13(12)18/h2-8H,9H2,1H3,(H,17,20).